The average Bonchev–Trinajstić information content (AvgIpc) is 3.59. The molecule has 2 aromatic carbocycles. The van der Waals surface area contributed by atoms with Gasteiger partial charge in [0.15, 0.2) is 0 Å². The summed E-state index contributed by atoms with van der Waals surface area (Å²) in [6, 6.07) is 10.6. The Labute approximate surface area is 180 Å². The number of hydrogen-bond acceptors (Lipinski definition) is 5. The highest BCUT2D eigenvalue weighted by Gasteiger charge is 2.26. The van der Waals surface area contributed by atoms with Crippen LogP contribution in [0.1, 0.15) is 28.8 Å². The van der Waals surface area contributed by atoms with Crippen LogP contribution in [-0.4, -0.2) is 58.3 Å². The van der Waals surface area contributed by atoms with Crippen molar-refractivity contribution in [1.29, 1.82) is 0 Å². The van der Waals surface area contributed by atoms with E-state index in [4.69, 9.17) is 0 Å². The maximum atomic E-state index is 13.3. The van der Waals surface area contributed by atoms with Gasteiger partial charge in [0.05, 0.1) is 22.2 Å². The third kappa shape index (κ3) is 3.93. The number of anilines is 1. The molecule has 1 aliphatic carbocycles. The van der Waals surface area contributed by atoms with E-state index in [1.54, 1.807) is 12.1 Å². The molecule has 0 radical (unpaired) electrons. The van der Waals surface area contributed by atoms with Crippen LogP contribution in [-0.2, 0) is 0 Å². The van der Waals surface area contributed by atoms with E-state index in [0.717, 1.165) is 43.3 Å². The molecule has 5 rings (SSSR count). The van der Waals surface area contributed by atoms with Crippen molar-refractivity contribution in [3.8, 4) is 5.69 Å². The molecule has 7 heteroatoms. The summed E-state index contributed by atoms with van der Waals surface area (Å²) in [4.78, 5) is 34.0. The molecule has 160 valence electrons. The molecule has 3 aromatic rings. The van der Waals surface area contributed by atoms with E-state index in [1.807, 2.05) is 25.1 Å². The lowest BCUT2D eigenvalue weighted by Gasteiger charge is -2.36. The second-order valence-electron chi connectivity index (χ2n) is 8.66. The monoisotopic (exact) mass is 418 g/mol. The minimum Gasteiger partial charge on any atom is -0.478 e. The molecule has 1 saturated carbocycles. The SMILES string of the molecule is Cc1ccc(C(=O)O)cc1-n1cnc2ccc(N3CCN(CC4CC4)CC3)cc2c1=O. The second-order valence-corrected chi connectivity index (χ2v) is 8.66. The Morgan fingerprint density at radius 2 is 1.87 bits per heavy atom. The van der Waals surface area contributed by atoms with Crippen molar-refractivity contribution in [3.05, 3.63) is 64.2 Å². The molecule has 0 unspecified atom stereocenters. The van der Waals surface area contributed by atoms with Crippen molar-refractivity contribution < 1.29 is 9.90 Å². The summed E-state index contributed by atoms with van der Waals surface area (Å²) in [5, 5.41) is 9.87. The molecule has 7 nitrogen and oxygen atoms in total. The summed E-state index contributed by atoms with van der Waals surface area (Å²) in [5.41, 5.74) is 2.99. The van der Waals surface area contributed by atoms with E-state index < -0.39 is 5.97 Å². The van der Waals surface area contributed by atoms with Gasteiger partial charge in [-0.15, -0.1) is 0 Å². The van der Waals surface area contributed by atoms with Crippen molar-refractivity contribution in [2.45, 2.75) is 19.8 Å². The van der Waals surface area contributed by atoms with Gasteiger partial charge in [-0.25, -0.2) is 9.78 Å². The third-order valence-electron chi connectivity index (χ3n) is 6.41. The predicted octanol–water partition coefficient (Wildman–Crippen LogP) is 2.92. The van der Waals surface area contributed by atoms with Crippen molar-refractivity contribution in [1.82, 2.24) is 14.5 Å². The summed E-state index contributed by atoms with van der Waals surface area (Å²) in [5.74, 6) is -0.119. The normalized spacial score (nSPS) is 17.3. The number of aromatic nitrogens is 2. The molecule has 1 N–H and O–H groups in total. The van der Waals surface area contributed by atoms with Crippen LogP contribution in [0.15, 0.2) is 47.5 Å². The first kappa shape index (κ1) is 19.8. The number of carboxylic acid groups (broad SMARTS) is 1. The lowest BCUT2D eigenvalue weighted by atomic mass is 10.1. The second kappa shape index (κ2) is 7.81. The van der Waals surface area contributed by atoms with Crippen molar-refractivity contribution in [2.75, 3.05) is 37.6 Å². The van der Waals surface area contributed by atoms with Crippen LogP contribution < -0.4 is 10.5 Å². The first-order valence-corrected chi connectivity index (χ1v) is 10.8. The highest BCUT2D eigenvalue weighted by molar-refractivity contribution is 5.88. The number of nitrogens with zero attached hydrogens (tertiary/aromatic N) is 4. The number of aryl methyl sites for hydroxylation is 1. The van der Waals surface area contributed by atoms with Gasteiger partial charge in [-0.05, 0) is 61.6 Å². The van der Waals surface area contributed by atoms with E-state index in [2.05, 4.69) is 14.8 Å². The Morgan fingerprint density at radius 1 is 1.10 bits per heavy atom. The van der Waals surface area contributed by atoms with Gasteiger partial charge in [0.1, 0.15) is 6.33 Å². The number of fused-ring (bicyclic) bond motifs is 1. The Bertz CT molecular complexity index is 1210. The van der Waals surface area contributed by atoms with Crippen LogP contribution in [0.2, 0.25) is 0 Å². The molecular formula is C24H26N4O3. The molecule has 0 bridgehead atoms. The number of carbonyl (C=O) groups is 1. The van der Waals surface area contributed by atoms with Crippen LogP contribution in [0, 0.1) is 12.8 Å². The van der Waals surface area contributed by atoms with Crippen molar-refractivity contribution >= 4 is 22.6 Å². The predicted molar refractivity (Wildman–Crippen MR) is 120 cm³/mol. The Balaban J connectivity index is 1.47. The zero-order chi connectivity index (χ0) is 21.5. The van der Waals surface area contributed by atoms with E-state index in [-0.39, 0.29) is 11.1 Å². The molecule has 0 amide bonds. The number of benzene rings is 2. The lowest BCUT2D eigenvalue weighted by Crippen LogP contribution is -2.47. The fourth-order valence-electron chi connectivity index (χ4n) is 4.33. The minimum atomic E-state index is -1.02. The summed E-state index contributed by atoms with van der Waals surface area (Å²) >= 11 is 0. The highest BCUT2D eigenvalue weighted by Crippen LogP contribution is 2.30. The van der Waals surface area contributed by atoms with Crippen LogP contribution >= 0.6 is 0 Å². The summed E-state index contributed by atoms with van der Waals surface area (Å²) in [6.45, 7) is 7.07. The Kier molecular flexibility index (Phi) is 4.98. The van der Waals surface area contributed by atoms with Gasteiger partial charge in [-0.3, -0.25) is 14.3 Å². The van der Waals surface area contributed by atoms with Gasteiger partial charge in [-0.1, -0.05) is 6.07 Å². The van der Waals surface area contributed by atoms with E-state index in [9.17, 15) is 14.7 Å². The van der Waals surface area contributed by atoms with E-state index in [1.165, 1.54) is 36.3 Å². The molecule has 31 heavy (non-hydrogen) atoms. The van der Waals surface area contributed by atoms with E-state index >= 15 is 0 Å². The molecule has 0 spiro atoms. The van der Waals surface area contributed by atoms with Gasteiger partial charge < -0.3 is 10.0 Å². The maximum absolute atomic E-state index is 13.3. The smallest absolute Gasteiger partial charge is 0.335 e. The summed E-state index contributed by atoms with van der Waals surface area (Å²) in [6.07, 6.45) is 4.23. The maximum Gasteiger partial charge on any atom is 0.335 e. The van der Waals surface area contributed by atoms with Crippen molar-refractivity contribution in [3.63, 3.8) is 0 Å². The summed E-state index contributed by atoms with van der Waals surface area (Å²) < 4.78 is 1.45. The van der Waals surface area contributed by atoms with Crippen molar-refractivity contribution in [2.24, 2.45) is 5.92 Å². The number of rotatable bonds is 5. The topological polar surface area (TPSA) is 78.7 Å². The molecule has 2 fully saturated rings. The largest absolute Gasteiger partial charge is 0.478 e. The van der Waals surface area contributed by atoms with Crippen LogP contribution in [0.5, 0.6) is 0 Å². The van der Waals surface area contributed by atoms with Gasteiger partial charge in [0.25, 0.3) is 5.56 Å². The lowest BCUT2D eigenvalue weighted by molar-refractivity contribution is 0.0697. The zero-order valence-corrected chi connectivity index (χ0v) is 17.6. The van der Waals surface area contributed by atoms with Crippen LogP contribution in [0.4, 0.5) is 5.69 Å². The first-order chi connectivity index (χ1) is 15.0. The minimum absolute atomic E-state index is 0.144. The highest BCUT2D eigenvalue weighted by atomic mass is 16.4. The molecule has 1 aromatic heterocycles. The average molecular weight is 418 g/mol. The molecule has 1 saturated heterocycles. The standard InChI is InChI=1S/C24H26N4O3/c1-16-2-5-18(24(30)31)12-22(16)28-15-25-21-7-6-19(13-20(21)23(28)29)27-10-8-26(9-11-27)14-17-3-4-17/h2,5-7,12-13,15,17H,3-4,8-11,14H2,1H3,(H,30,31). The Morgan fingerprint density at radius 3 is 2.58 bits per heavy atom. The molecule has 2 heterocycles. The number of hydrogen-bond donors (Lipinski definition) is 1. The quantitative estimate of drug-likeness (QED) is 0.686. The zero-order valence-electron chi connectivity index (χ0n) is 17.6. The van der Waals surface area contributed by atoms with Gasteiger partial charge in [0, 0.05) is 38.4 Å². The number of piperazine rings is 1. The van der Waals surface area contributed by atoms with Crippen LogP contribution in [0.3, 0.4) is 0 Å². The van der Waals surface area contributed by atoms with Gasteiger partial charge in [-0.2, -0.15) is 0 Å². The van der Waals surface area contributed by atoms with Gasteiger partial charge in [0.2, 0.25) is 0 Å². The Hall–Kier alpha value is -3.19. The van der Waals surface area contributed by atoms with E-state index in [0.29, 0.717) is 16.6 Å². The third-order valence-corrected chi connectivity index (χ3v) is 6.41. The summed E-state index contributed by atoms with van der Waals surface area (Å²) in [7, 11) is 0. The molecule has 2 aliphatic rings. The fourth-order valence-corrected chi connectivity index (χ4v) is 4.33. The number of carboxylic acids is 1. The van der Waals surface area contributed by atoms with Crippen LogP contribution in [0.25, 0.3) is 16.6 Å². The molecular weight excluding hydrogens is 392 g/mol. The number of aromatic carboxylic acids is 1. The molecule has 0 atom stereocenters. The molecule has 1 aliphatic heterocycles. The van der Waals surface area contributed by atoms with Gasteiger partial charge >= 0.3 is 5.97 Å². The fraction of sp³-hybridized carbons (Fsp3) is 0.375. The first-order valence-electron chi connectivity index (χ1n) is 10.8.